The fourth-order valence-electron chi connectivity index (χ4n) is 1.66. The van der Waals surface area contributed by atoms with Gasteiger partial charge >= 0.3 is 0 Å². The molecule has 2 heterocycles. The molecular weight excluding hydrogens is 216 g/mol. The molecule has 1 aliphatic rings. The molecular formula is C8H12N4S2. The molecule has 0 aliphatic carbocycles. The van der Waals surface area contributed by atoms with Crippen LogP contribution in [-0.4, -0.2) is 21.5 Å². The molecule has 0 aromatic carbocycles. The van der Waals surface area contributed by atoms with Crippen molar-refractivity contribution in [1.29, 1.82) is 0 Å². The Morgan fingerprint density at radius 3 is 2.71 bits per heavy atom. The van der Waals surface area contributed by atoms with Gasteiger partial charge in [0.05, 0.1) is 6.04 Å². The minimum Gasteiger partial charge on any atom is -0.319 e. The lowest BCUT2D eigenvalue weighted by molar-refractivity contribution is 0.395. The van der Waals surface area contributed by atoms with E-state index in [4.69, 9.17) is 24.4 Å². The highest BCUT2D eigenvalue weighted by Gasteiger charge is 2.16. The average molecular weight is 228 g/mol. The summed E-state index contributed by atoms with van der Waals surface area (Å²) in [6.07, 6.45) is 3.55. The Balaban J connectivity index is 2.30. The van der Waals surface area contributed by atoms with Crippen LogP contribution in [0.25, 0.3) is 0 Å². The van der Waals surface area contributed by atoms with Crippen LogP contribution < -0.4 is 5.32 Å². The highest BCUT2D eigenvalue weighted by molar-refractivity contribution is 7.71. The zero-order valence-corrected chi connectivity index (χ0v) is 9.30. The van der Waals surface area contributed by atoms with Crippen LogP contribution in [0.15, 0.2) is 0 Å². The lowest BCUT2D eigenvalue weighted by Crippen LogP contribution is -2.28. The first-order chi connectivity index (χ1) is 6.75. The van der Waals surface area contributed by atoms with E-state index in [2.05, 4.69) is 20.3 Å². The van der Waals surface area contributed by atoms with E-state index in [1.807, 2.05) is 0 Å². The fraction of sp³-hybridized carbons (Fsp3) is 0.625. The molecule has 6 heteroatoms. The summed E-state index contributed by atoms with van der Waals surface area (Å²) in [4.78, 5) is 10.1. The van der Waals surface area contributed by atoms with Crippen molar-refractivity contribution in [2.24, 2.45) is 0 Å². The van der Waals surface area contributed by atoms with Crippen LogP contribution >= 0.6 is 24.4 Å². The van der Waals surface area contributed by atoms with Crippen molar-refractivity contribution in [2.45, 2.75) is 25.3 Å². The first kappa shape index (κ1) is 9.95. The van der Waals surface area contributed by atoms with Crippen molar-refractivity contribution in [2.75, 3.05) is 6.54 Å². The van der Waals surface area contributed by atoms with Crippen molar-refractivity contribution in [3.05, 3.63) is 15.4 Å². The molecule has 3 N–H and O–H groups in total. The van der Waals surface area contributed by atoms with Gasteiger partial charge < -0.3 is 15.3 Å². The lowest BCUT2D eigenvalue weighted by Gasteiger charge is -2.22. The van der Waals surface area contributed by atoms with Crippen LogP contribution in [0.3, 0.4) is 0 Å². The normalized spacial score (nSPS) is 22.1. The summed E-state index contributed by atoms with van der Waals surface area (Å²) < 4.78 is 1.00. The molecule has 2 rings (SSSR count). The van der Waals surface area contributed by atoms with E-state index < -0.39 is 0 Å². The van der Waals surface area contributed by atoms with Crippen LogP contribution in [0.5, 0.6) is 0 Å². The largest absolute Gasteiger partial charge is 0.319 e. The maximum Gasteiger partial charge on any atom is 0.200 e. The zero-order chi connectivity index (χ0) is 9.97. The van der Waals surface area contributed by atoms with E-state index in [0.717, 1.165) is 18.8 Å². The molecule has 1 aromatic heterocycles. The summed E-state index contributed by atoms with van der Waals surface area (Å²) in [5.41, 5.74) is 0. The van der Waals surface area contributed by atoms with Crippen molar-refractivity contribution < 1.29 is 0 Å². The molecule has 0 radical (unpaired) electrons. The van der Waals surface area contributed by atoms with Gasteiger partial charge in [0.1, 0.15) is 5.82 Å². The predicted molar refractivity (Wildman–Crippen MR) is 59.2 cm³/mol. The fourth-order valence-corrected chi connectivity index (χ4v) is 2.13. The lowest BCUT2D eigenvalue weighted by atomic mass is 10.0. The van der Waals surface area contributed by atoms with Gasteiger partial charge in [-0.3, -0.25) is 0 Å². The molecule has 1 aromatic rings. The van der Waals surface area contributed by atoms with Gasteiger partial charge in [0.25, 0.3) is 0 Å². The molecule has 0 amide bonds. The van der Waals surface area contributed by atoms with E-state index >= 15 is 0 Å². The Bertz CT molecular complexity index is 388. The zero-order valence-electron chi connectivity index (χ0n) is 7.67. The number of hydrogen-bond acceptors (Lipinski definition) is 4. The number of aromatic amines is 2. The standard InChI is InChI=1S/C8H12N4S2/c13-7-10-6(11-8(14)12-7)5-3-1-2-4-9-5/h5,9H,1-4H2,(H2,10,11,12,13,14). The second-order valence-electron chi connectivity index (χ2n) is 3.38. The van der Waals surface area contributed by atoms with Crippen LogP contribution in [0.2, 0.25) is 0 Å². The average Bonchev–Trinajstić information content (AvgIpc) is 2.18. The number of nitrogens with zero attached hydrogens (tertiary/aromatic N) is 1. The number of H-pyrrole nitrogens is 2. The van der Waals surface area contributed by atoms with Crippen LogP contribution in [-0.2, 0) is 0 Å². The summed E-state index contributed by atoms with van der Waals surface area (Å²) in [6, 6.07) is 0.279. The molecule has 0 bridgehead atoms. The van der Waals surface area contributed by atoms with Gasteiger partial charge in [-0.2, -0.15) is 0 Å². The van der Waals surface area contributed by atoms with Gasteiger partial charge in [0.2, 0.25) is 4.77 Å². The topological polar surface area (TPSA) is 56.5 Å². The number of nitrogens with one attached hydrogen (secondary N) is 3. The molecule has 14 heavy (non-hydrogen) atoms. The van der Waals surface area contributed by atoms with Crippen LogP contribution in [0.1, 0.15) is 31.1 Å². The first-order valence-corrected chi connectivity index (χ1v) is 5.51. The Morgan fingerprint density at radius 1 is 1.21 bits per heavy atom. The van der Waals surface area contributed by atoms with E-state index in [1.54, 1.807) is 0 Å². The first-order valence-electron chi connectivity index (χ1n) is 4.69. The van der Waals surface area contributed by atoms with Gasteiger partial charge in [-0.15, -0.1) is 0 Å². The van der Waals surface area contributed by atoms with Crippen molar-refractivity contribution >= 4 is 24.4 Å². The molecule has 0 saturated carbocycles. The van der Waals surface area contributed by atoms with E-state index in [1.165, 1.54) is 12.8 Å². The third kappa shape index (κ3) is 2.26. The number of rotatable bonds is 1. The van der Waals surface area contributed by atoms with Crippen molar-refractivity contribution in [1.82, 2.24) is 20.3 Å². The highest BCUT2D eigenvalue weighted by atomic mass is 32.1. The number of aromatic nitrogens is 3. The van der Waals surface area contributed by atoms with Crippen molar-refractivity contribution in [3.63, 3.8) is 0 Å². The summed E-state index contributed by atoms with van der Waals surface area (Å²) in [5.74, 6) is 0.860. The molecule has 4 nitrogen and oxygen atoms in total. The summed E-state index contributed by atoms with van der Waals surface area (Å²) in [7, 11) is 0. The number of hydrogen-bond donors (Lipinski definition) is 3. The monoisotopic (exact) mass is 228 g/mol. The smallest absolute Gasteiger partial charge is 0.200 e. The summed E-state index contributed by atoms with van der Waals surface area (Å²) >= 11 is 9.99. The molecule has 0 spiro atoms. The second kappa shape index (κ2) is 4.29. The van der Waals surface area contributed by atoms with Gasteiger partial charge in [-0.1, -0.05) is 6.42 Å². The summed E-state index contributed by atoms with van der Waals surface area (Å²) in [6.45, 7) is 1.04. The van der Waals surface area contributed by atoms with Gasteiger partial charge in [-0.05, 0) is 43.8 Å². The minimum absolute atomic E-state index is 0.279. The van der Waals surface area contributed by atoms with Crippen LogP contribution in [0.4, 0.5) is 0 Å². The molecule has 76 valence electrons. The molecule has 1 fully saturated rings. The highest BCUT2D eigenvalue weighted by Crippen LogP contribution is 2.18. The SMILES string of the molecule is S=c1nc(C2CCCCN2)[nH]c(=S)[nH]1. The Hall–Kier alpha value is -0.590. The van der Waals surface area contributed by atoms with Crippen LogP contribution in [0, 0.1) is 9.54 Å². The maximum atomic E-state index is 5.01. The maximum absolute atomic E-state index is 5.01. The minimum atomic E-state index is 0.279. The third-order valence-electron chi connectivity index (χ3n) is 2.32. The molecule has 1 aliphatic heterocycles. The van der Waals surface area contributed by atoms with Gasteiger partial charge in [0.15, 0.2) is 4.77 Å². The van der Waals surface area contributed by atoms with Gasteiger partial charge in [0, 0.05) is 0 Å². The van der Waals surface area contributed by atoms with E-state index in [0.29, 0.717) is 9.54 Å². The third-order valence-corrected chi connectivity index (χ3v) is 2.72. The summed E-state index contributed by atoms with van der Waals surface area (Å²) in [5, 5.41) is 3.39. The second-order valence-corrected chi connectivity index (χ2v) is 4.18. The van der Waals surface area contributed by atoms with Crippen molar-refractivity contribution in [3.8, 4) is 0 Å². The Labute approximate surface area is 92.2 Å². The quantitative estimate of drug-likeness (QED) is 0.644. The van der Waals surface area contributed by atoms with E-state index in [9.17, 15) is 0 Å². The Morgan fingerprint density at radius 2 is 2.07 bits per heavy atom. The molecule has 1 atom stereocenters. The molecule has 1 saturated heterocycles. The molecule has 1 unspecified atom stereocenters. The van der Waals surface area contributed by atoms with E-state index in [-0.39, 0.29) is 6.04 Å². The Kier molecular flexibility index (Phi) is 3.05. The predicted octanol–water partition coefficient (Wildman–Crippen LogP) is 2.01. The number of piperidine rings is 1. The van der Waals surface area contributed by atoms with Gasteiger partial charge in [-0.25, -0.2) is 4.98 Å².